The van der Waals surface area contributed by atoms with Crippen molar-refractivity contribution in [1.29, 1.82) is 0 Å². The molecule has 108 valence electrons. The van der Waals surface area contributed by atoms with Gasteiger partial charge in [-0.15, -0.1) is 0 Å². The van der Waals surface area contributed by atoms with Crippen LogP contribution in [-0.4, -0.2) is 43.7 Å². The maximum Gasteiger partial charge on any atom is 0.151 e. The van der Waals surface area contributed by atoms with Gasteiger partial charge in [0, 0.05) is 23.8 Å². The summed E-state index contributed by atoms with van der Waals surface area (Å²) in [6.45, 7) is 6.35. The molecule has 2 N–H and O–H groups in total. The molecule has 0 bridgehead atoms. The number of sulfone groups is 1. The van der Waals surface area contributed by atoms with Crippen molar-refractivity contribution in [3.05, 3.63) is 0 Å². The van der Waals surface area contributed by atoms with Crippen LogP contribution in [0.2, 0.25) is 0 Å². The van der Waals surface area contributed by atoms with E-state index in [1.165, 1.54) is 0 Å². The molecule has 0 amide bonds. The standard InChI is InChI=1S/C13H27NO3S/c1-4-18(16,17)9-11(2)14-10-13(3)8-6-5-7-12(13)15/h11-12,14-15H,4-10H2,1-3H3. The minimum atomic E-state index is -2.93. The van der Waals surface area contributed by atoms with Crippen LogP contribution < -0.4 is 5.32 Å². The molecule has 0 spiro atoms. The van der Waals surface area contributed by atoms with E-state index in [-0.39, 0.29) is 29.1 Å². The number of aliphatic hydroxyl groups excluding tert-OH is 1. The summed E-state index contributed by atoms with van der Waals surface area (Å²) in [5.74, 6) is 0.370. The molecule has 1 aliphatic carbocycles. The number of hydrogen-bond donors (Lipinski definition) is 2. The lowest BCUT2D eigenvalue weighted by molar-refractivity contribution is 0.000377. The Morgan fingerprint density at radius 2 is 2.11 bits per heavy atom. The summed E-state index contributed by atoms with van der Waals surface area (Å²) in [6, 6.07) is -0.0547. The second-order valence-electron chi connectivity index (χ2n) is 5.90. The summed E-state index contributed by atoms with van der Waals surface area (Å²) in [7, 11) is -2.93. The molecule has 0 heterocycles. The number of aliphatic hydroxyl groups is 1. The highest BCUT2D eigenvalue weighted by molar-refractivity contribution is 7.91. The normalized spacial score (nSPS) is 31.2. The first kappa shape index (κ1) is 15.9. The Morgan fingerprint density at radius 1 is 1.44 bits per heavy atom. The fourth-order valence-electron chi connectivity index (χ4n) is 2.55. The molecule has 0 aromatic carbocycles. The van der Waals surface area contributed by atoms with Gasteiger partial charge >= 0.3 is 0 Å². The maximum atomic E-state index is 11.5. The molecule has 3 unspecified atom stereocenters. The highest BCUT2D eigenvalue weighted by Crippen LogP contribution is 2.35. The molecular weight excluding hydrogens is 250 g/mol. The lowest BCUT2D eigenvalue weighted by Gasteiger charge is -2.39. The van der Waals surface area contributed by atoms with Crippen LogP contribution in [0.1, 0.15) is 46.5 Å². The van der Waals surface area contributed by atoms with E-state index in [0.29, 0.717) is 6.54 Å². The lowest BCUT2D eigenvalue weighted by atomic mass is 9.73. The average Bonchev–Trinajstić information content (AvgIpc) is 2.30. The van der Waals surface area contributed by atoms with E-state index in [9.17, 15) is 13.5 Å². The van der Waals surface area contributed by atoms with Gasteiger partial charge in [-0.3, -0.25) is 0 Å². The van der Waals surface area contributed by atoms with Crippen LogP contribution in [0.5, 0.6) is 0 Å². The fraction of sp³-hybridized carbons (Fsp3) is 1.00. The van der Waals surface area contributed by atoms with E-state index in [1.807, 2.05) is 6.92 Å². The lowest BCUT2D eigenvalue weighted by Crippen LogP contribution is -2.47. The van der Waals surface area contributed by atoms with Crippen molar-refractivity contribution in [1.82, 2.24) is 5.32 Å². The Balaban J connectivity index is 2.44. The average molecular weight is 277 g/mol. The van der Waals surface area contributed by atoms with Gasteiger partial charge in [0.05, 0.1) is 11.9 Å². The Kier molecular flexibility index (Phi) is 5.62. The van der Waals surface area contributed by atoms with E-state index in [1.54, 1.807) is 6.92 Å². The Morgan fingerprint density at radius 3 is 2.67 bits per heavy atom. The molecule has 0 aromatic rings. The number of nitrogens with one attached hydrogen (secondary N) is 1. The van der Waals surface area contributed by atoms with Gasteiger partial charge in [-0.25, -0.2) is 8.42 Å². The zero-order chi connectivity index (χ0) is 13.8. The minimum absolute atomic E-state index is 0.0547. The molecular formula is C13H27NO3S. The quantitative estimate of drug-likeness (QED) is 0.769. The number of hydrogen-bond acceptors (Lipinski definition) is 4. The highest BCUT2D eigenvalue weighted by atomic mass is 32.2. The zero-order valence-corrected chi connectivity index (χ0v) is 12.6. The van der Waals surface area contributed by atoms with Crippen molar-refractivity contribution >= 4 is 9.84 Å². The van der Waals surface area contributed by atoms with Gasteiger partial charge in [0.25, 0.3) is 0 Å². The van der Waals surface area contributed by atoms with Crippen molar-refractivity contribution in [2.24, 2.45) is 5.41 Å². The summed E-state index contributed by atoms with van der Waals surface area (Å²) in [6.07, 6.45) is 3.84. The van der Waals surface area contributed by atoms with Gasteiger partial charge in [0.15, 0.2) is 9.84 Å². The summed E-state index contributed by atoms with van der Waals surface area (Å²) in [4.78, 5) is 0. The predicted molar refractivity (Wildman–Crippen MR) is 74.4 cm³/mol. The Bertz CT molecular complexity index is 355. The monoisotopic (exact) mass is 277 g/mol. The van der Waals surface area contributed by atoms with Gasteiger partial charge in [0.1, 0.15) is 0 Å². The third-order valence-corrected chi connectivity index (χ3v) is 5.97. The van der Waals surface area contributed by atoms with Gasteiger partial charge in [-0.05, 0) is 19.8 Å². The van der Waals surface area contributed by atoms with E-state index < -0.39 is 9.84 Å². The van der Waals surface area contributed by atoms with Crippen LogP contribution in [0, 0.1) is 5.41 Å². The topological polar surface area (TPSA) is 66.4 Å². The van der Waals surface area contributed by atoms with Gasteiger partial charge in [-0.1, -0.05) is 26.7 Å². The van der Waals surface area contributed by atoms with Crippen LogP contribution in [0.25, 0.3) is 0 Å². The molecule has 1 aliphatic rings. The van der Waals surface area contributed by atoms with Crippen LogP contribution in [0.15, 0.2) is 0 Å². The molecule has 0 radical (unpaired) electrons. The SMILES string of the molecule is CCS(=O)(=O)CC(C)NCC1(C)CCCCC1O. The third kappa shape index (κ3) is 4.52. The van der Waals surface area contributed by atoms with Gasteiger partial charge < -0.3 is 10.4 Å². The van der Waals surface area contributed by atoms with Crippen LogP contribution >= 0.6 is 0 Å². The van der Waals surface area contributed by atoms with Crippen molar-refractivity contribution in [2.45, 2.75) is 58.6 Å². The molecule has 4 nitrogen and oxygen atoms in total. The van der Waals surface area contributed by atoms with E-state index in [2.05, 4.69) is 12.2 Å². The molecule has 3 atom stereocenters. The largest absolute Gasteiger partial charge is 0.393 e. The molecule has 0 aromatic heterocycles. The summed E-state index contributed by atoms with van der Waals surface area (Å²) in [5.41, 5.74) is -0.109. The van der Waals surface area contributed by atoms with E-state index >= 15 is 0 Å². The van der Waals surface area contributed by atoms with Crippen molar-refractivity contribution < 1.29 is 13.5 Å². The molecule has 18 heavy (non-hydrogen) atoms. The van der Waals surface area contributed by atoms with Crippen molar-refractivity contribution in [3.63, 3.8) is 0 Å². The first-order valence-corrected chi connectivity index (χ1v) is 8.73. The van der Waals surface area contributed by atoms with Gasteiger partial charge in [0.2, 0.25) is 0 Å². The second-order valence-corrected chi connectivity index (χ2v) is 8.29. The van der Waals surface area contributed by atoms with Crippen molar-refractivity contribution in [2.75, 3.05) is 18.1 Å². The second kappa shape index (κ2) is 6.35. The Labute approximate surface area is 111 Å². The van der Waals surface area contributed by atoms with E-state index in [0.717, 1.165) is 25.7 Å². The first-order chi connectivity index (χ1) is 8.29. The van der Waals surface area contributed by atoms with Crippen LogP contribution in [0.3, 0.4) is 0 Å². The fourth-order valence-corrected chi connectivity index (χ4v) is 3.67. The molecule has 5 heteroatoms. The number of rotatable bonds is 6. The predicted octanol–water partition coefficient (Wildman–Crippen LogP) is 1.34. The summed E-state index contributed by atoms with van der Waals surface area (Å²) >= 11 is 0. The summed E-state index contributed by atoms with van der Waals surface area (Å²) < 4.78 is 23.0. The first-order valence-electron chi connectivity index (χ1n) is 6.91. The molecule has 0 saturated heterocycles. The third-order valence-electron chi connectivity index (χ3n) is 4.08. The van der Waals surface area contributed by atoms with E-state index in [4.69, 9.17) is 0 Å². The molecule has 1 fully saturated rings. The maximum absolute atomic E-state index is 11.5. The van der Waals surface area contributed by atoms with Crippen molar-refractivity contribution in [3.8, 4) is 0 Å². The van der Waals surface area contributed by atoms with Crippen LogP contribution in [-0.2, 0) is 9.84 Å². The zero-order valence-electron chi connectivity index (χ0n) is 11.8. The van der Waals surface area contributed by atoms with Gasteiger partial charge in [-0.2, -0.15) is 0 Å². The summed E-state index contributed by atoms with van der Waals surface area (Å²) in [5, 5.41) is 13.3. The smallest absolute Gasteiger partial charge is 0.151 e. The molecule has 1 rings (SSSR count). The Hall–Kier alpha value is -0.130. The van der Waals surface area contributed by atoms with Crippen LogP contribution in [0.4, 0.5) is 0 Å². The highest BCUT2D eigenvalue weighted by Gasteiger charge is 2.35. The molecule has 0 aliphatic heterocycles. The minimum Gasteiger partial charge on any atom is -0.393 e. The molecule has 1 saturated carbocycles.